The molecule has 122 valence electrons. The van der Waals surface area contributed by atoms with E-state index in [0.717, 1.165) is 52.6 Å². The van der Waals surface area contributed by atoms with Crippen molar-refractivity contribution >= 4 is 17.1 Å². The molecule has 2 aliphatic heterocycles. The Hall–Kier alpha value is -1.46. The average molecular weight is 305 g/mol. The van der Waals surface area contributed by atoms with Crippen molar-refractivity contribution in [1.29, 1.82) is 0 Å². The number of benzene rings is 1. The van der Waals surface area contributed by atoms with E-state index in [2.05, 4.69) is 47.2 Å². The molecular weight excluding hydrogens is 278 g/mol. The standard InChI is InChI=1S/C17H27N3O2/c1-14(2)18-15-11-16(19-3-7-21-8-4-19)13-17(12-15)20-5-9-22-10-6-20/h11-14,18H,3-10H2,1-2H3. The molecule has 3 rings (SSSR count). The number of nitrogens with zero attached hydrogens (tertiary/aromatic N) is 2. The maximum atomic E-state index is 5.48. The topological polar surface area (TPSA) is 37.0 Å². The first-order valence-electron chi connectivity index (χ1n) is 8.29. The van der Waals surface area contributed by atoms with Crippen LogP contribution in [0.2, 0.25) is 0 Å². The van der Waals surface area contributed by atoms with Gasteiger partial charge in [0.1, 0.15) is 0 Å². The van der Waals surface area contributed by atoms with Crippen molar-refractivity contribution in [2.75, 3.05) is 67.7 Å². The van der Waals surface area contributed by atoms with E-state index in [9.17, 15) is 0 Å². The Bertz CT molecular complexity index is 445. The van der Waals surface area contributed by atoms with Gasteiger partial charge in [-0.3, -0.25) is 0 Å². The number of nitrogens with one attached hydrogen (secondary N) is 1. The highest BCUT2D eigenvalue weighted by Crippen LogP contribution is 2.29. The van der Waals surface area contributed by atoms with Crippen molar-refractivity contribution in [1.82, 2.24) is 0 Å². The molecule has 0 unspecified atom stereocenters. The average Bonchev–Trinajstić information content (AvgIpc) is 2.55. The molecule has 2 aliphatic rings. The lowest BCUT2D eigenvalue weighted by atomic mass is 10.1. The molecule has 5 nitrogen and oxygen atoms in total. The van der Waals surface area contributed by atoms with Crippen molar-refractivity contribution in [3.8, 4) is 0 Å². The van der Waals surface area contributed by atoms with Gasteiger partial charge in [0.2, 0.25) is 0 Å². The molecule has 2 saturated heterocycles. The van der Waals surface area contributed by atoms with Crippen molar-refractivity contribution in [2.45, 2.75) is 19.9 Å². The third-order valence-corrected chi connectivity index (χ3v) is 4.11. The minimum Gasteiger partial charge on any atom is -0.383 e. The number of hydrogen-bond acceptors (Lipinski definition) is 5. The van der Waals surface area contributed by atoms with E-state index in [4.69, 9.17) is 9.47 Å². The second-order valence-electron chi connectivity index (χ2n) is 6.24. The summed E-state index contributed by atoms with van der Waals surface area (Å²) in [5, 5.41) is 3.55. The molecule has 1 aromatic carbocycles. The molecule has 0 radical (unpaired) electrons. The van der Waals surface area contributed by atoms with Gasteiger partial charge in [0.25, 0.3) is 0 Å². The zero-order valence-corrected chi connectivity index (χ0v) is 13.7. The lowest BCUT2D eigenvalue weighted by molar-refractivity contribution is 0.122. The van der Waals surface area contributed by atoms with Gasteiger partial charge in [-0.25, -0.2) is 0 Å². The second kappa shape index (κ2) is 7.20. The Morgan fingerprint density at radius 3 is 1.68 bits per heavy atom. The smallest absolute Gasteiger partial charge is 0.0642 e. The first kappa shape index (κ1) is 15.4. The molecule has 0 amide bonds. The lowest BCUT2D eigenvalue weighted by Gasteiger charge is -2.33. The summed E-state index contributed by atoms with van der Waals surface area (Å²) in [5.41, 5.74) is 3.77. The molecule has 0 aliphatic carbocycles. The fourth-order valence-electron chi connectivity index (χ4n) is 3.02. The van der Waals surface area contributed by atoms with Gasteiger partial charge in [-0.05, 0) is 32.0 Å². The largest absolute Gasteiger partial charge is 0.383 e. The molecule has 0 bridgehead atoms. The molecule has 0 saturated carbocycles. The number of ether oxygens (including phenoxy) is 2. The van der Waals surface area contributed by atoms with Crippen LogP contribution in [0.25, 0.3) is 0 Å². The van der Waals surface area contributed by atoms with Gasteiger partial charge in [-0.15, -0.1) is 0 Å². The van der Waals surface area contributed by atoms with E-state index in [1.807, 2.05) is 0 Å². The van der Waals surface area contributed by atoms with Crippen LogP contribution in [0.15, 0.2) is 18.2 Å². The highest BCUT2D eigenvalue weighted by molar-refractivity contribution is 5.69. The van der Waals surface area contributed by atoms with Crippen LogP contribution in [-0.2, 0) is 9.47 Å². The summed E-state index contributed by atoms with van der Waals surface area (Å²) < 4.78 is 11.0. The Kier molecular flexibility index (Phi) is 5.05. The Balaban J connectivity index is 1.86. The minimum atomic E-state index is 0.428. The summed E-state index contributed by atoms with van der Waals surface area (Å²) in [6.07, 6.45) is 0. The van der Waals surface area contributed by atoms with Crippen LogP contribution in [0.5, 0.6) is 0 Å². The summed E-state index contributed by atoms with van der Waals surface area (Å²) >= 11 is 0. The fraction of sp³-hybridized carbons (Fsp3) is 0.647. The quantitative estimate of drug-likeness (QED) is 0.923. The fourth-order valence-corrected chi connectivity index (χ4v) is 3.02. The van der Waals surface area contributed by atoms with Crippen molar-refractivity contribution in [3.05, 3.63) is 18.2 Å². The predicted octanol–water partition coefficient (Wildman–Crippen LogP) is 2.18. The van der Waals surface area contributed by atoms with E-state index in [1.165, 1.54) is 17.1 Å². The lowest BCUT2D eigenvalue weighted by Crippen LogP contribution is -2.38. The van der Waals surface area contributed by atoms with Crippen LogP contribution >= 0.6 is 0 Å². The summed E-state index contributed by atoms with van der Waals surface area (Å²) in [4.78, 5) is 4.83. The van der Waals surface area contributed by atoms with Gasteiger partial charge < -0.3 is 24.6 Å². The van der Waals surface area contributed by atoms with Crippen molar-refractivity contribution in [3.63, 3.8) is 0 Å². The van der Waals surface area contributed by atoms with Gasteiger partial charge in [0.15, 0.2) is 0 Å². The molecule has 22 heavy (non-hydrogen) atoms. The van der Waals surface area contributed by atoms with E-state index in [1.54, 1.807) is 0 Å². The van der Waals surface area contributed by atoms with Gasteiger partial charge in [-0.1, -0.05) is 0 Å². The van der Waals surface area contributed by atoms with Crippen LogP contribution < -0.4 is 15.1 Å². The Labute approximate surface area is 133 Å². The number of rotatable bonds is 4. The molecule has 0 aromatic heterocycles. The highest BCUT2D eigenvalue weighted by atomic mass is 16.5. The third-order valence-electron chi connectivity index (χ3n) is 4.11. The Morgan fingerprint density at radius 2 is 1.27 bits per heavy atom. The monoisotopic (exact) mass is 305 g/mol. The molecule has 0 spiro atoms. The van der Waals surface area contributed by atoms with Crippen LogP contribution in [0, 0.1) is 0 Å². The van der Waals surface area contributed by atoms with Gasteiger partial charge in [-0.2, -0.15) is 0 Å². The van der Waals surface area contributed by atoms with Crippen molar-refractivity contribution < 1.29 is 9.47 Å². The molecule has 2 heterocycles. The molecule has 1 N–H and O–H groups in total. The number of hydrogen-bond donors (Lipinski definition) is 1. The first-order valence-corrected chi connectivity index (χ1v) is 8.29. The maximum absolute atomic E-state index is 5.48. The van der Waals surface area contributed by atoms with Gasteiger partial charge >= 0.3 is 0 Å². The van der Waals surface area contributed by atoms with Crippen LogP contribution in [0.1, 0.15) is 13.8 Å². The highest BCUT2D eigenvalue weighted by Gasteiger charge is 2.17. The molecule has 5 heteroatoms. The second-order valence-corrected chi connectivity index (χ2v) is 6.24. The molecule has 0 atom stereocenters. The zero-order chi connectivity index (χ0) is 15.4. The van der Waals surface area contributed by atoms with Crippen LogP contribution in [0.4, 0.5) is 17.1 Å². The minimum absolute atomic E-state index is 0.428. The number of anilines is 3. The van der Waals surface area contributed by atoms with E-state index >= 15 is 0 Å². The maximum Gasteiger partial charge on any atom is 0.0642 e. The predicted molar refractivity (Wildman–Crippen MR) is 91.3 cm³/mol. The third kappa shape index (κ3) is 3.84. The summed E-state index contributed by atoms with van der Waals surface area (Å²) in [6, 6.07) is 7.25. The normalized spacial score (nSPS) is 19.6. The SMILES string of the molecule is CC(C)Nc1cc(N2CCOCC2)cc(N2CCOCC2)c1. The van der Waals surface area contributed by atoms with Gasteiger partial charge in [0, 0.05) is 49.3 Å². The van der Waals surface area contributed by atoms with E-state index in [0.29, 0.717) is 6.04 Å². The molecule has 1 aromatic rings. The summed E-state index contributed by atoms with van der Waals surface area (Å²) in [5.74, 6) is 0. The van der Waals surface area contributed by atoms with Crippen molar-refractivity contribution in [2.24, 2.45) is 0 Å². The van der Waals surface area contributed by atoms with E-state index in [-0.39, 0.29) is 0 Å². The van der Waals surface area contributed by atoms with Crippen LogP contribution in [0.3, 0.4) is 0 Å². The van der Waals surface area contributed by atoms with E-state index < -0.39 is 0 Å². The van der Waals surface area contributed by atoms with Gasteiger partial charge in [0.05, 0.1) is 26.4 Å². The molecular formula is C17H27N3O2. The molecule has 2 fully saturated rings. The first-order chi connectivity index (χ1) is 10.7. The summed E-state index contributed by atoms with van der Waals surface area (Å²) in [6.45, 7) is 11.5. The number of morpholine rings is 2. The summed E-state index contributed by atoms with van der Waals surface area (Å²) in [7, 11) is 0. The van der Waals surface area contributed by atoms with Crippen LogP contribution in [-0.4, -0.2) is 58.6 Å². The Morgan fingerprint density at radius 1 is 0.818 bits per heavy atom. The zero-order valence-electron chi connectivity index (χ0n) is 13.7.